The third-order valence-corrected chi connectivity index (χ3v) is 9.31. The number of halogens is 3. The SMILES string of the molecule is Nc1nc2c(c(N3CCN(CCOCC4CCC(C(=O)O)CC4)CC3)n1)CCc1cc(OCc3ccc(OC(F)(F)F)cc3)ccc1-2. The van der Waals surface area contributed by atoms with E-state index in [1.165, 1.54) is 12.1 Å². The number of hydrogen-bond acceptors (Lipinski definition) is 9. The van der Waals surface area contributed by atoms with E-state index >= 15 is 0 Å². The highest BCUT2D eigenvalue weighted by Crippen LogP contribution is 2.39. The van der Waals surface area contributed by atoms with Crippen LogP contribution in [0.15, 0.2) is 42.5 Å². The number of piperazine rings is 1. The molecule has 3 aromatic rings. The van der Waals surface area contributed by atoms with Gasteiger partial charge in [-0.1, -0.05) is 12.1 Å². The number of benzene rings is 2. The van der Waals surface area contributed by atoms with Crippen molar-refractivity contribution in [2.24, 2.45) is 11.8 Å². The molecular formula is C34H40F3N5O5. The van der Waals surface area contributed by atoms with E-state index in [1.807, 2.05) is 18.2 Å². The maximum atomic E-state index is 12.4. The van der Waals surface area contributed by atoms with Crippen LogP contribution in [-0.4, -0.2) is 78.2 Å². The highest BCUT2D eigenvalue weighted by molar-refractivity contribution is 5.76. The second-order valence-electron chi connectivity index (χ2n) is 12.5. The van der Waals surface area contributed by atoms with Crippen molar-refractivity contribution in [1.82, 2.24) is 14.9 Å². The largest absolute Gasteiger partial charge is 0.573 e. The maximum absolute atomic E-state index is 12.4. The number of alkyl halides is 3. The van der Waals surface area contributed by atoms with Crippen LogP contribution in [0.3, 0.4) is 0 Å². The van der Waals surface area contributed by atoms with Gasteiger partial charge in [-0.3, -0.25) is 9.69 Å². The third kappa shape index (κ3) is 8.44. The molecule has 0 radical (unpaired) electrons. The van der Waals surface area contributed by atoms with Gasteiger partial charge in [0.05, 0.1) is 18.2 Å². The summed E-state index contributed by atoms with van der Waals surface area (Å²) in [5, 5.41) is 9.19. The summed E-state index contributed by atoms with van der Waals surface area (Å²) in [4.78, 5) is 25.2. The van der Waals surface area contributed by atoms with Crippen LogP contribution in [-0.2, 0) is 29.0 Å². The topological polar surface area (TPSA) is 123 Å². The van der Waals surface area contributed by atoms with Crippen molar-refractivity contribution in [3.05, 3.63) is 59.2 Å². The number of rotatable bonds is 11. The van der Waals surface area contributed by atoms with Crippen LogP contribution in [0, 0.1) is 11.8 Å². The van der Waals surface area contributed by atoms with Gasteiger partial charge in [-0.25, -0.2) is 4.98 Å². The van der Waals surface area contributed by atoms with Crippen molar-refractivity contribution in [3.8, 4) is 22.8 Å². The van der Waals surface area contributed by atoms with Gasteiger partial charge in [0.25, 0.3) is 0 Å². The molecule has 0 atom stereocenters. The molecule has 13 heteroatoms. The summed E-state index contributed by atoms with van der Waals surface area (Å²) < 4.78 is 53.2. The van der Waals surface area contributed by atoms with E-state index in [2.05, 4.69) is 24.5 Å². The van der Waals surface area contributed by atoms with Crippen molar-refractivity contribution >= 4 is 17.7 Å². The van der Waals surface area contributed by atoms with E-state index in [0.29, 0.717) is 24.9 Å². The molecule has 252 valence electrons. The summed E-state index contributed by atoms with van der Waals surface area (Å²) in [6.45, 7) is 5.86. The lowest BCUT2D eigenvalue weighted by molar-refractivity contribution is -0.274. The number of hydrogen-bond donors (Lipinski definition) is 2. The molecule has 2 aromatic carbocycles. The van der Waals surface area contributed by atoms with E-state index in [4.69, 9.17) is 15.2 Å². The Morgan fingerprint density at radius 1 is 0.957 bits per heavy atom. The minimum atomic E-state index is -4.73. The molecule has 0 spiro atoms. The highest BCUT2D eigenvalue weighted by atomic mass is 19.4. The highest BCUT2D eigenvalue weighted by Gasteiger charge is 2.31. The second kappa shape index (κ2) is 14.3. The van der Waals surface area contributed by atoms with Crippen LogP contribution < -0.4 is 20.1 Å². The molecule has 3 N–H and O–H groups in total. The Morgan fingerprint density at radius 2 is 1.68 bits per heavy atom. The summed E-state index contributed by atoms with van der Waals surface area (Å²) in [5.41, 5.74) is 11.0. The number of fused-ring (bicyclic) bond motifs is 3. The molecule has 6 rings (SSSR count). The zero-order valence-electron chi connectivity index (χ0n) is 26.2. The zero-order chi connectivity index (χ0) is 33.0. The molecule has 47 heavy (non-hydrogen) atoms. The quantitative estimate of drug-likeness (QED) is 0.262. The Balaban J connectivity index is 1.01. The van der Waals surface area contributed by atoms with Crippen LogP contribution in [0.2, 0.25) is 0 Å². The molecule has 1 aliphatic heterocycles. The van der Waals surface area contributed by atoms with Crippen LogP contribution in [0.4, 0.5) is 24.9 Å². The molecular weight excluding hydrogens is 615 g/mol. The molecule has 2 fully saturated rings. The Labute approximate surface area is 271 Å². The number of carboxylic acids is 1. The number of nitrogen functional groups attached to an aromatic ring is 1. The van der Waals surface area contributed by atoms with Gasteiger partial charge in [0.2, 0.25) is 5.95 Å². The summed E-state index contributed by atoms with van der Waals surface area (Å²) in [6, 6.07) is 11.5. The fourth-order valence-corrected chi connectivity index (χ4v) is 6.72. The molecule has 2 heterocycles. The van der Waals surface area contributed by atoms with Gasteiger partial charge < -0.3 is 30.0 Å². The number of anilines is 2. The number of nitrogens with zero attached hydrogens (tertiary/aromatic N) is 4. The summed E-state index contributed by atoms with van der Waals surface area (Å²) >= 11 is 0. The lowest BCUT2D eigenvalue weighted by atomic mass is 9.82. The van der Waals surface area contributed by atoms with Gasteiger partial charge in [-0.15, -0.1) is 13.2 Å². The molecule has 1 aromatic heterocycles. The third-order valence-electron chi connectivity index (χ3n) is 9.31. The van der Waals surface area contributed by atoms with Crippen molar-refractivity contribution in [2.45, 2.75) is 51.5 Å². The van der Waals surface area contributed by atoms with Gasteiger partial charge in [0.1, 0.15) is 23.9 Å². The predicted octanol–water partition coefficient (Wildman–Crippen LogP) is 5.33. The smallest absolute Gasteiger partial charge is 0.489 e. The molecule has 0 amide bonds. The number of carboxylic acid groups (broad SMARTS) is 1. The minimum absolute atomic E-state index is 0.194. The number of carbonyl (C=O) groups is 1. The van der Waals surface area contributed by atoms with Gasteiger partial charge in [0, 0.05) is 50.5 Å². The van der Waals surface area contributed by atoms with E-state index in [9.17, 15) is 23.1 Å². The Bertz CT molecular complexity index is 1540. The summed E-state index contributed by atoms with van der Waals surface area (Å²) in [5.74, 6) is 1.11. The average Bonchev–Trinajstić information content (AvgIpc) is 3.05. The average molecular weight is 656 g/mol. The number of aryl methyl sites for hydroxylation is 1. The number of aliphatic carboxylic acids is 1. The van der Waals surface area contributed by atoms with E-state index < -0.39 is 12.3 Å². The molecule has 1 saturated carbocycles. The molecule has 2 aliphatic carbocycles. The number of nitrogens with two attached hydrogens (primary N) is 1. The fourth-order valence-electron chi connectivity index (χ4n) is 6.72. The molecule has 3 aliphatic rings. The Kier molecular flexibility index (Phi) is 10.0. The first-order valence-corrected chi connectivity index (χ1v) is 16.2. The van der Waals surface area contributed by atoms with Crippen molar-refractivity contribution in [1.29, 1.82) is 0 Å². The minimum Gasteiger partial charge on any atom is -0.489 e. The second-order valence-corrected chi connectivity index (χ2v) is 12.5. The Hall–Kier alpha value is -4.10. The molecule has 10 nitrogen and oxygen atoms in total. The van der Waals surface area contributed by atoms with Gasteiger partial charge in [0.15, 0.2) is 0 Å². The summed E-state index contributed by atoms with van der Waals surface area (Å²) in [7, 11) is 0. The maximum Gasteiger partial charge on any atom is 0.573 e. The van der Waals surface area contributed by atoms with Gasteiger partial charge in [-0.05, 0) is 85.9 Å². The van der Waals surface area contributed by atoms with E-state index in [0.717, 1.165) is 105 Å². The molecule has 1 saturated heterocycles. The number of aromatic nitrogens is 2. The Morgan fingerprint density at radius 3 is 2.38 bits per heavy atom. The zero-order valence-corrected chi connectivity index (χ0v) is 26.2. The first-order chi connectivity index (χ1) is 22.6. The van der Waals surface area contributed by atoms with E-state index in [1.54, 1.807) is 12.1 Å². The van der Waals surface area contributed by atoms with Crippen LogP contribution in [0.5, 0.6) is 11.5 Å². The summed E-state index contributed by atoms with van der Waals surface area (Å²) in [6.07, 6.45) is 0.171. The monoisotopic (exact) mass is 655 g/mol. The van der Waals surface area contributed by atoms with E-state index in [-0.39, 0.29) is 24.2 Å². The predicted molar refractivity (Wildman–Crippen MR) is 169 cm³/mol. The van der Waals surface area contributed by atoms with Crippen LogP contribution in [0.1, 0.15) is 42.4 Å². The normalized spacial score (nSPS) is 19.9. The first kappa shape index (κ1) is 32.8. The fraction of sp³-hybridized carbons (Fsp3) is 0.500. The van der Waals surface area contributed by atoms with Crippen molar-refractivity contribution in [2.75, 3.05) is 56.6 Å². The lowest BCUT2D eigenvalue weighted by Crippen LogP contribution is -2.48. The molecule has 0 unspecified atom stereocenters. The standard InChI is InChI=1S/C34H40F3N5O5/c35-34(36,37)47-26-8-3-23(4-9-26)21-46-27-10-12-28-25(19-27)7-11-29-30(28)39-33(38)40-31(29)42-15-13-41(14-16-42)17-18-45-20-22-1-5-24(6-2-22)32(43)44/h3-4,8-10,12,19,22,24H,1-2,5-7,11,13-18,20-21H2,(H,43,44)(H2,38,39,40). The van der Waals surface area contributed by atoms with Gasteiger partial charge >= 0.3 is 12.3 Å². The molecule has 0 bridgehead atoms. The van der Waals surface area contributed by atoms with Crippen LogP contribution >= 0.6 is 0 Å². The number of ether oxygens (including phenoxy) is 3. The lowest BCUT2D eigenvalue weighted by Gasteiger charge is -2.37. The van der Waals surface area contributed by atoms with Crippen LogP contribution in [0.25, 0.3) is 11.3 Å². The first-order valence-electron chi connectivity index (χ1n) is 16.2. The van der Waals surface area contributed by atoms with Crippen molar-refractivity contribution in [3.63, 3.8) is 0 Å². The van der Waals surface area contributed by atoms with Gasteiger partial charge in [-0.2, -0.15) is 4.98 Å². The van der Waals surface area contributed by atoms with Crippen molar-refractivity contribution < 1.29 is 37.3 Å².